The van der Waals surface area contributed by atoms with Gasteiger partial charge >= 0.3 is 0 Å². The highest BCUT2D eigenvalue weighted by atomic mass is 32.2. The van der Waals surface area contributed by atoms with Crippen LogP contribution in [0.2, 0.25) is 0 Å². The van der Waals surface area contributed by atoms with Crippen molar-refractivity contribution in [3.63, 3.8) is 0 Å². The molecule has 0 saturated carbocycles. The minimum atomic E-state index is -3.69. The van der Waals surface area contributed by atoms with Crippen LogP contribution in [0.4, 0.5) is 0 Å². The first kappa shape index (κ1) is 18.7. The SMILES string of the molecule is CN(CC(=O)N1CCN(Cc2ccco2)CC1)C1=NS(=O)(=O)c2ccccc21. The fourth-order valence-electron chi connectivity index (χ4n) is 3.52. The Balaban J connectivity index is 1.36. The van der Waals surface area contributed by atoms with Gasteiger partial charge < -0.3 is 14.2 Å². The van der Waals surface area contributed by atoms with Gasteiger partial charge in [-0.05, 0) is 24.3 Å². The van der Waals surface area contributed by atoms with Crippen LogP contribution in [-0.4, -0.2) is 74.6 Å². The molecule has 9 heteroatoms. The molecule has 0 aliphatic carbocycles. The fourth-order valence-corrected chi connectivity index (χ4v) is 4.77. The summed E-state index contributed by atoms with van der Waals surface area (Å²) >= 11 is 0. The van der Waals surface area contributed by atoms with Gasteiger partial charge in [0.2, 0.25) is 5.91 Å². The van der Waals surface area contributed by atoms with Gasteiger partial charge in [0.05, 0.1) is 19.4 Å². The number of fused-ring (bicyclic) bond motifs is 1. The molecule has 148 valence electrons. The lowest BCUT2D eigenvalue weighted by Crippen LogP contribution is -2.51. The maximum atomic E-state index is 12.7. The minimum absolute atomic E-state index is 0.0374. The molecule has 0 bridgehead atoms. The number of amidine groups is 1. The van der Waals surface area contributed by atoms with Gasteiger partial charge in [-0.3, -0.25) is 9.69 Å². The van der Waals surface area contributed by atoms with Crippen LogP contribution in [0.25, 0.3) is 0 Å². The summed E-state index contributed by atoms with van der Waals surface area (Å²) in [6.45, 7) is 3.63. The van der Waals surface area contributed by atoms with Crippen molar-refractivity contribution in [3.05, 3.63) is 54.0 Å². The van der Waals surface area contributed by atoms with Crippen LogP contribution in [-0.2, 0) is 21.4 Å². The molecule has 1 amide bonds. The van der Waals surface area contributed by atoms with Gasteiger partial charge in [0.25, 0.3) is 10.0 Å². The number of piperazine rings is 1. The van der Waals surface area contributed by atoms with E-state index in [-0.39, 0.29) is 17.3 Å². The maximum absolute atomic E-state index is 12.7. The second-order valence-electron chi connectivity index (χ2n) is 6.98. The fraction of sp³-hybridized carbons (Fsp3) is 0.368. The largest absolute Gasteiger partial charge is 0.468 e. The molecule has 2 aromatic rings. The van der Waals surface area contributed by atoms with Crippen molar-refractivity contribution in [2.75, 3.05) is 39.8 Å². The normalized spacial score (nSPS) is 18.6. The lowest BCUT2D eigenvalue weighted by Gasteiger charge is -2.35. The molecule has 28 heavy (non-hydrogen) atoms. The lowest BCUT2D eigenvalue weighted by atomic mass is 10.2. The van der Waals surface area contributed by atoms with Crippen LogP contribution in [0.3, 0.4) is 0 Å². The molecular weight excluding hydrogens is 380 g/mol. The summed E-state index contributed by atoms with van der Waals surface area (Å²) in [6.07, 6.45) is 1.66. The number of amides is 1. The molecule has 0 radical (unpaired) electrons. The number of sulfonamides is 1. The van der Waals surface area contributed by atoms with E-state index in [1.54, 1.807) is 36.4 Å². The number of hydrogen-bond donors (Lipinski definition) is 0. The van der Waals surface area contributed by atoms with E-state index in [9.17, 15) is 13.2 Å². The highest BCUT2D eigenvalue weighted by molar-refractivity contribution is 7.90. The third kappa shape index (κ3) is 3.67. The van der Waals surface area contributed by atoms with E-state index < -0.39 is 10.0 Å². The number of benzene rings is 1. The van der Waals surface area contributed by atoms with E-state index in [0.717, 1.165) is 25.4 Å². The molecule has 1 saturated heterocycles. The number of carbonyl (C=O) groups excluding carboxylic acids is 1. The van der Waals surface area contributed by atoms with Gasteiger partial charge in [-0.15, -0.1) is 4.40 Å². The molecule has 3 heterocycles. The van der Waals surface area contributed by atoms with E-state index in [4.69, 9.17) is 4.42 Å². The number of hydrogen-bond acceptors (Lipinski definition) is 6. The summed E-state index contributed by atoms with van der Waals surface area (Å²) in [4.78, 5) is 18.6. The van der Waals surface area contributed by atoms with E-state index >= 15 is 0 Å². The Hall–Kier alpha value is -2.65. The van der Waals surface area contributed by atoms with E-state index in [1.165, 1.54) is 6.07 Å². The van der Waals surface area contributed by atoms with Crippen LogP contribution in [0, 0.1) is 0 Å². The molecule has 1 aromatic heterocycles. The molecular formula is C19H22N4O4S. The van der Waals surface area contributed by atoms with Crippen molar-refractivity contribution in [2.45, 2.75) is 11.4 Å². The molecule has 2 aliphatic heterocycles. The predicted molar refractivity (Wildman–Crippen MR) is 103 cm³/mol. The monoisotopic (exact) mass is 402 g/mol. The second kappa shape index (κ2) is 7.40. The van der Waals surface area contributed by atoms with Gasteiger partial charge in [-0.1, -0.05) is 12.1 Å². The van der Waals surface area contributed by atoms with Crippen molar-refractivity contribution in [3.8, 4) is 0 Å². The molecule has 1 fully saturated rings. The van der Waals surface area contributed by atoms with Crippen LogP contribution in [0.5, 0.6) is 0 Å². The Labute approximate surface area is 164 Å². The van der Waals surface area contributed by atoms with Crippen molar-refractivity contribution >= 4 is 21.8 Å². The molecule has 4 rings (SSSR count). The number of carbonyl (C=O) groups is 1. The summed E-state index contributed by atoms with van der Waals surface area (Å²) in [5.74, 6) is 1.20. The molecule has 0 spiro atoms. The minimum Gasteiger partial charge on any atom is -0.468 e. The first-order valence-corrected chi connectivity index (χ1v) is 10.6. The van der Waals surface area contributed by atoms with Crippen LogP contribution >= 0.6 is 0 Å². The summed E-state index contributed by atoms with van der Waals surface area (Å²) < 4.78 is 33.6. The quantitative estimate of drug-likeness (QED) is 0.759. The van der Waals surface area contributed by atoms with Gasteiger partial charge in [-0.25, -0.2) is 0 Å². The first-order valence-electron chi connectivity index (χ1n) is 9.12. The van der Waals surface area contributed by atoms with Gasteiger partial charge in [0, 0.05) is 38.8 Å². The van der Waals surface area contributed by atoms with Crippen molar-refractivity contribution < 1.29 is 17.6 Å². The summed E-state index contributed by atoms with van der Waals surface area (Å²) in [7, 11) is -1.99. The summed E-state index contributed by atoms with van der Waals surface area (Å²) in [5.41, 5.74) is 0.543. The third-order valence-electron chi connectivity index (χ3n) is 5.03. The Morgan fingerprint density at radius 3 is 2.61 bits per heavy atom. The van der Waals surface area contributed by atoms with Crippen molar-refractivity contribution in [1.29, 1.82) is 0 Å². The average Bonchev–Trinajstić information content (AvgIpc) is 3.28. The Morgan fingerprint density at radius 1 is 1.14 bits per heavy atom. The number of rotatable bonds is 4. The zero-order valence-electron chi connectivity index (χ0n) is 15.6. The first-order chi connectivity index (χ1) is 13.4. The standard InChI is InChI=1S/C19H22N4O4S/c1-21(19-16-6-2-3-7-17(16)28(25,26)20-19)14-18(24)23-10-8-22(9-11-23)13-15-5-4-12-27-15/h2-7,12H,8-11,13-14H2,1H3. The molecule has 0 atom stereocenters. The van der Waals surface area contributed by atoms with Crippen LogP contribution in [0.15, 0.2) is 56.4 Å². The summed E-state index contributed by atoms with van der Waals surface area (Å²) in [5, 5.41) is 0. The second-order valence-corrected chi connectivity index (χ2v) is 8.55. The Kier molecular flexibility index (Phi) is 4.94. The average molecular weight is 402 g/mol. The highest BCUT2D eigenvalue weighted by Gasteiger charge is 2.32. The third-order valence-corrected chi connectivity index (χ3v) is 6.36. The Morgan fingerprint density at radius 2 is 1.89 bits per heavy atom. The topological polar surface area (TPSA) is 86.4 Å². The number of likely N-dealkylation sites (N-methyl/N-ethyl adjacent to an activating group) is 1. The van der Waals surface area contributed by atoms with Crippen LogP contribution < -0.4 is 0 Å². The highest BCUT2D eigenvalue weighted by Crippen LogP contribution is 2.26. The molecule has 1 aromatic carbocycles. The Bertz CT molecular complexity index is 993. The summed E-state index contributed by atoms with van der Waals surface area (Å²) in [6, 6.07) is 10.5. The zero-order valence-corrected chi connectivity index (χ0v) is 16.4. The molecule has 0 N–H and O–H groups in total. The molecule has 0 unspecified atom stereocenters. The van der Waals surface area contributed by atoms with Crippen molar-refractivity contribution in [2.24, 2.45) is 4.40 Å². The van der Waals surface area contributed by atoms with Gasteiger partial charge in [0.1, 0.15) is 10.7 Å². The van der Waals surface area contributed by atoms with Gasteiger partial charge in [-0.2, -0.15) is 8.42 Å². The maximum Gasteiger partial charge on any atom is 0.285 e. The van der Waals surface area contributed by atoms with Gasteiger partial charge in [0.15, 0.2) is 5.84 Å². The smallest absolute Gasteiger partial charge is 0.285 e. The number of furan rings is 1. The predicted octanol–water partition coefficient (Wildman–Crippen LogP) is 1.00. The van der Waals surface area contributed by atoms with E-state index in [0.29, 0.717) is 24.5 Å². The molecule has 8 nitrogen and oxygen atoms in total. The zero-order chi connectivity index (χ0) is 19.7. The van der Waals surface area contributed by atoms with Crippen LogP contribution in [0.1, 0.15) is 11.3 Å². The molecule has 2 aliphatic rings. The lowest BCUT2D eigenvalue weighted by molar-refractivity contribution is -0.133. The van der Waals surface area contributed by atoms with E-state index in [2.05, 4.69) is 9.30 Å². The van der Waals surface area contributed by atoms with Crippen molar-refractivity contribution in [1.82, 2.24) is 14.7 Å². The number of nitrogens with zero attached hydrogens (tertiary/aromatic N) is 4. The van der Waals surface area contributed by atoms with E-state index in [1.807, 2.05) is 17.0 Å².